The Morgan fingerprint density at radius 3 is 3.29 bits per heavy atom. The highest BCUT2D eigenvalue weighted by atomic mass is 15.3. The first-order valence-corrected chi connectivity index (χ1v) is 5.15. The van der Waals surface area contributed by atoms with Crippen LogP contribution in [0.5, 0.6) is 0 Å². The molecule has 14 heavy (non-hydrogen) atoms. The molecular weight excluding hydrogens is 176 g/mol. The molecule has 1 fully saturated rings. The van der Waals surface area contributed by atoms with E-state index in [0.717, 1.165) is 31.9 Å². The van der Waals surface area contributed by atoms with Crippen molar-refractivity contribution in [2.75, 3.05) is 24.5 Å². The van der Waals surface area contributed by atoms with E-state index in [1.807, 2.05) is 6.07 Å². The molecular formula is C10H16N4. The Hall–Kier alpha value is -1.16. The van der Waals surface area contributed by atoms with Crippen molar-refractivity contribution in [3.8, 4) is 0 Å². The highest BCUT2D eigenvalue weighted by Gasteiger charge is 2.21. The molecule has 0 amide bonds. The number of aromatic nitrogens is 2. The Labute approximate surface area is 84.4 Å². The van der Waals surface area contributed by atoms with Gasteiger partial charge in [0.15, 0.2) is 0 Å². The van der Waals surface area contributed by atoms with Crippen LogP contribution in [0.1, 0.15) is 13.3 Å². The Balaban J connectivity index is 2.15. The van der Waals surface area contributed by atoms with Crippen LogP contribution >= 0.6 is 0 Å². The zero-order valence-electron chi connectivity index (χ0n) is 8.48. The minimum absolute atomic E-state index is 0.568. The summed E-state index contributed by atoms with van der Waals surface area (Å²) in [5.41, 5.74) is 0. The lowest BCUT2D eigenvalue weighted by molar-refractivity contribution is 0.463. The molecule has 0 bridgehead atoms. The zero-order valence-corrected chi connectivity index (χ0v) is 8.48. The number of hydrogen-bond acceptors (Lipinski definition) is 4. The topological polar surface area (TPSA) is 41.0 Å². The van der Waals surface area contributed by atoms with E-state index >= 15 is 0 Å². The average molecular weight is 192 g/mol. The molecule has 4 nitrogen and oxygen atoms in total. The van der Waals surface area contributed by atoms with E-state index in [0.29, 0.717) is 6.04 Å². The van der Waals surface area contributed by atoms with E-state index in [1.165, 1.54) is 0 Å². The molecule has 1 aromatic heterocycles. The molecule has 76 valence electrons. The van der Waals surface area contributed by atoms with Gasteiger partial charge in [0.2, 0.25) is 0 Å². The first kappa shape index (κ1) is 9.40. The average Bonchev–Trinajstić information content (AvgIpc) is 2.30. The molecule has 1 unspecified atom stereocenters. The van der Waals surface area contributed by atoms with E-state index in [4.69, 9.17) is 0 Å². The maximum absolute atomic E-state index is 4.29. The second kappa shape index (κ2) is 4.37. The van der Waals surface area contributed by atoms with Crippen LogP contribution in [0, 0.1) is 0 Å². The van der Waals surface area contributed by atoms with Gasteiger partial charge in [0, 0.05) is 31.9 Å². The summed E-state index contributed by atoms with van der Waals surface area (Å²) in [6, 6.07) is 2.55. The van der Waals surface area contributed by atoms with Crippen molar-refractivity contribution in [1.29, 1.82) is 0 Å². The van der Waals surface area contributed by atoms with Crippen molar-refractivity contribution >= 4 is 5.82 Å². The minimum Gasteiger partial charge on any atom is -0.351 e. The van der Waals surface area contributed by atoms with Crippen molar-refractivity contribution in [2.24, 2.45) is 0 Å². The molecule has 1 aliphatic heterocycles. The van der Waals surface area contributed by atoms with E-state index in [9.17, 15) is 0 Å². The lowest BCUT2D eigenvalue weighted by Gasteiger charge is -2.36. The Kier molecular flexibility index (Phi) is 2.93. The molecule has 4 heteroatoms. The maximum atomic E-state index is 4.29. The first-order valence-electron chi connectivity index (χ1n) is 5.15. The van der Waals surface area contributed by atoms with Gasteiger partial charge in [-0.2, -0.15) is 0 Å². The fourth-order valence-electron chi connectivity index (χ4n) is 1.88. The van der Waals surface area contributed by atoms with Gasteiger partial charge in [0.05, 0.1) is 0 Å². The highest BCUT2D eigenvalue weighted by molar-refractivity contribution is 5.38. The molecule has 2 heterocycles. The molecule has 1 N–H and O–H groups in total. The van der Waals surface area contributed by atoms with Gasteiger partial charge in [0.25, 0.3) is 0 Å². The normalized spacial score (nSPS) is 22.4. The molecule has 0 saturated carbocycles. The van der Waals surface area contributed by atoms with Gasteiger partial charge in [0.1, 0.15) is 12.1 Å². The molecule has 1 atom stereocenters. The van der Waals surface area contributed by atoms with E-state index in [1.54, 1.807) is 12.5 Å². The maximum Gasteiger partial charge on any atom is 0.132 e. The van der Waals surface area contributed by atoms with Crippen molar-refractivity contribution < 1.29 is 0 Å². The Bertz CT molecular complexity index is 275. The van der Waals surface area contributed by atoms with Crippen LogP contribution in [-0.2, 0) is 0 Å². The van der Waals surface area contributed by atoms with Gasteiger partial charge in [-0.3, -0.25) is 0 Å². The predicted octanol–water partition coefficient (Wildman–Crippen LogP) is 0.665. The number of rotatable bonds is 2. The Morgan fingerprint density at radius 2 is 2.57 bits per heavy atom. The summed E-state index contributed by atoms with van der Waals surface area (Å²) in [6.07, 6.45) is 4.57. The molecule has 1 saturated heterocycles. The fourth-order valence-corrected chi connectivity index (χ4v) is 1.88. The van der Waals surface area contributed by atoms with Gasteiger partial charge in [-0.15, -0.1) is 0 Å². The lowest BCUT2D eigenvalue weighted by atomic mass is 10.1. The number of hydrogen-bond donors (Lipinski definition) is 1. The van der Waals surface area contributed by atoms with Crippen molar-refractivity contribution in [2.45, 2.75) is 19.4 Å². The number of nitrogens with zero attached hydrogens (tertiary/aromatic N) is 3. The quantitative estimate of drug-likeness (QED) is 0.747. The Morgan fingerprint density at radius 1 is 1.64 bits per heavy atom. The van der Waals surface area contributed by atoms with Gasteiger partial charge in [-0.1, -0.05) is 6.92 Å². The lowest BCUT2D eigenvalue weighted by Crippen LogP contribution is -2.51. The third-order valence-corrected chi connectivity index (χ3v) is 2.68. The molecule has 0 aromatic carbocycles. The van der Waals surface area contributed by atoms with Crippen molar-refractivity contribution in [1.82, 2.24) is 15.3 Å². The van der Waals surface area contributed by atoms with Gasteiger partial charge in [-0.25, -0.2) is 9.97 Å². The van der Waals surface area contributed by atoms with Crippen LogP contribution in [0.2, 0.25) is 0 Å². The fraction of sp³-hybridized carbons (Fsp3) is 0.600. The highest BCUT2D eigenvalue weighted by Crippen LogP contribution is 2.15. The number of anilines is 1. The number of piperazine rings is 1. The minimum atomic E-state index is 0.568. The van der Waals surface area contributed by atoms with Gasteiger partial charge < -0.3 is 10.2 Å². The van der Waals surface area contributed by atoms with Crippen molar-refractivity contribution in [3.05, 3.63) is 18.6 Å². The van der Waals surface area contributed by atoms with Crippen LogP contribution in [0.3, 0.4) is 0 Å². The third-order valence-electron chi connectivity index (χ3n) is 2.68. The summed E-state index contributed by atoms with van der Waals surface area (Å²) in [6.45, 7) is 5.35. The van der Waals surface area contributed by atoms with Crippen LogP contribution in [0.25, 0.3) is 0 Å². The van der Waals surface area contributed by atoms with E-state index < -0.39 is 0 Å². The summed E-state index contributed by atoms with van der Waals surface area (Å²) in [5.74, 6) is 1.05. The summed E-state index contributed by atoms with van der Waals surface area (Å²) < 4.78 is 0. The SMILES string of the molecule is CCC1CNCCN1c1ccncn1. The van der Waals surface area contributed by atoms with Crippen LogP contribution in [0.4, 0.5) is 5.82 Å². The predicted molar refractivity (Wildman–Crippen MR) is 56.3 cm³/mol. The summed E-state index contributed by atoms with van der Waals surface area (Å²) in [4.78, 5) is 10.6. The largest absolute Gasteiger partial charge is 0.351 e. The molecule has 1 aliphatic rings. The van der Waals surface area contributed by atoms with Crippen LogP contribution < -0.4 is 10.2 Å². The standard InChI is InChI=1S/C10H16N4/c1-2-9-7-11-5-6-14(9)10-3-4-12-8-13-10/h3-4,8-9,11H,2,5-7H2,1H3. The monoisotopic (exact) mass is 192 g/mol. The molecule has 0 aliphatic carbocycles. The van der Waals surface area contributed by atoms with Crippen LogP contribution in [0.15, 0.2) is 18.6 Å². The molecule has 2 rings (SSSR count). The van der Waals surface area contributed by atoms with E-state index in [-0.39, 0.29) is 0 Å². The molecule has 1 aromatic rings. The third kappa shape index (κ3) is 1.85. The first-order chi connectivity index (χ1) is 6.92. The van der Waals surface area contributed by atoms with Crippen LogP contribution in [-0.4, -0.2) is 35.6 Å². The summed E-state index contributed by atoms with van der Waals surface area (Å²) in [5, 5.41) is 3.40. The second-order valence-electron chi connectivity index (χ2n) is 3.53. The van der Waals surface area contributed by atoms with Gasteiger partial charge in [-0.05, 0) is 12.5 Å². The summed E-state index contributed by atoms with van der Waals surface area (Å²) >= 11 is 0. The van der Waals surface area contributed by atoms with E-state index in [2.05, 4.69) is 27.1 Å². The van der Waals surface area contributed by atoms with Gasteiger partial charge >= 0.3 is 0 Å². The summed E-state index contributed by atoms with van der Waals surface area (Å²) in [7, 11) is 0. The molecule has 0 spiro atoms. The second-order valence-corrected chi connectivity index (χ2v) is 3.53. The smallest absolute Gasteiger partial charge is 0.132 e. The van der Waals surface area contributed by atoms with Crippen molar-refractivity contribution in [3.63, 3.8) is 0 Å². The number of nitrogens with one attached hydrogen (secondary N) is 1. The zero-order chi connectivity index (χ0) is 9.80. The molecule has 0 radical (unpaired) electrons.